The van der Waals surface area contributed by atoms with Crippen LogP contribution in [-0.2, 0) is 0 Å². The second-order valence-electron chi connectivity index (χ2n) is 2.19. The number of aromatic nitrogens is 1. The van der Waals surface area contributed by atoms with Crippen LogP contribution in [0.1, 0.15) is 0 Å². The molecule has 0 saturated heterocycles. The third kappa shape index (κ3) is 2.72. The van der Waals surface area contributed by atoms with E-state index in [0.717, 1.165) is 6.07 Å². The first-order valence-electron chi connectivity index (χ1n) is 3.17. The highest BCUT2D eigenvalue weighted by Crippen LogP contribution is 2.27. The normalized spacial score (nSPS) is 11.5. The third-order valence-electron chi connectivity index (χ3n) is 1.14. The fourth-order valence-electron chi connectivity index (χ4n) is 0.665. The molecule has 3 nitrogen and oxygen atoms in total. The van der Waals surface area contributed by atoms with Crippen LogP contribution in [0.15, 0.2) is 10.5 Å². The van der Waals surface area contributed by atoms with Crippen LogP contribution >= 0.6 is 15.9 Å². The molecule has 2 N–H and O–H groups in total. The van der Waals surface area contributed by atoms with E-state index in [9.17, 15) is 17.6 Å². The largest absolute Gasteiger partial charge is 0.574 e. The van der Waals surface area contributed by atoms with Crippen molar-refractivity contribution in [2.45, 2.75) is 6.36 Å². The lowest BCUT2D eigenvalue weighted by molar-refractivity contribution is -0.276. The van der Waals surface area contributed by atoms with Crippen LogP contribution in [0.2, 0.25) is 0 Å². The van der Waals surface area contributed by atoms with Crippen molar-refractivity contribution in [1.29, 1.82) is 0 Å². The van der Waals surface area contributed by atoms with Crippen LogP contribution in [-0.4, -0.2) is 11.3 Å². The summed E-state index contributed by atoms with van der Waals surface area (Å²) in [5.74, 6) is -2.42. The Morgan fingerprint density at radius 3 is 2.43 bits per heavy atom. The van der Waals surface area contributed by atoms with Crippen LogP contribution in [0.4, 0.5) is 23.4 Å². The summed E-state index contributed by atoms with van der Waals surface area (Å²) in [6.45, 7) is 0. The summed E-state index contributed by atoms with van der Waals surface area (Å²) in [5.41, 5.74) is 4.98. The average molecular weight is 275 g/mol. The summed E-state index contributed by atoms with van der Waals surface area (Å²) in [7, 11) is 0. The lowest BCUT2D eigenvalue weighted by atomic mass is 10.4. The monoisotopic (exact) mass is 274 g/mol. The van der Waals surface area contributed by atoms with Crippen LogP contribution in [0.5, 0.6) is 5.88 Å². The molecule has 8 heteroatoms. The summed E-state index contributed by atoms with van der Waals surface area (Å²) in [4.78, 5) is 3.05. The highest BCUT2D eigenvalue weighted by atomic mass is 79.9. The van der Waals surface area contributed by atoms with Crippen molar-refractivity contribution in [3.8, 4) is 5.88 Å². The minimum atomic E-state index is -4.88. The van der Waals surface area contributed by atoms with Crippen LogP contribution in [0.25, 0.3) is 0 Å². The minimum absolute atomic E-state index is 0.246. The van der Waals surface area contributed by atoms with E-state index in [1.165, 1.54) is 0 Å². The number of nitrogens with zero attached hydrogens (tertiary/aromatic N) is 1. The number of pyridine rings is 1. The van der Waals surface area contributed by atoms with Crippen molar-refractivity contribution in [2.75, 3.05) is 5.73 Å². The van der Waals surface area contributed by atoms with E-state index in [1.54, 1.807) is 0 Å². The Morgan fingerprint density at radius 1 is 1.43 bits per heavy atom. The number of hydrogen-bond acceptors (Lipinski definition) is 3. The van der Waals surface area contributed by atoms with Gasteiger partial charge in [-0.05, 0) is 15.9 Å². The van der Waals surface area contributed by atoms with Gasteiger partial charge in [0.15, 0.2) is 11.6 Å². The molecule has 0 unspecified atom stereocenters. The molecule has 1 rings (SSSR count). The van der Waals surface area contributed by atoms with Crippen molar-refractivity contribution >= 4 is 21.7 Å². The van der Waals surface area contributed by atoms with Crippen molar-refractivity contribution in [3.05, 3.63) is 16.4 Å². The molecule has 1 heterocycles. The van der Waals surface area contributed by atoms with E-state index in [2.05, 4.69) is 25.7 Å². The predicted octanol–water partition coefficient (Wildman–Crippen LogP) is 2.46. The number of anilines is 1. The summed E-state index contributed by atoms with van der Waals surface area (Å²) in [6, 6.07) is 0.735. The van der Waals surface area contributed by atoms with Gasteiger partial charge in [-0.2, -0.15) is 4.98 Å². The van der Waals surface area contributed by atoms with Gasteiger partial charge in [-0.15, -0.1) is 13.2 Å². The molecule has 1 aromatic rings. The fourth-order valence-corrected chi connectivity index (χ4v) is 1.06. The van der Waals surface area contributed by atoms with Crippen LogP contribution < -0.4 is 10.5 Å². The molecule has 78 valence electrons. The Hall–Kier alpha value is -1.05. The molecule has 0 aliphatic rings. The Balaban J connectivity index is 3.02. The molecular weight excluding hydrogens is 272 g/mol. The predicted molar refractivity (Wildman–Crippen MR) is 43.0 cm³/mol. The molecule has 0 bridgehead atoms. The second kappa shape index (κ2) is 3.60. The van der Waals surface area contributed by atoms with Gasteiger partial charge in [-0.3, -0.25) is 0 Å². The van der Waals surface area contributed by atoms with Crippen LogP contribution in [0.3, 0.4) is 0 Å². The molecular formula is C6H3BrF4N2O. The van der Waals surface area contributed by atoms with Gasteiger partial charge in [0, 0.05) is 6.07 Å². The number of nitrogens with two attached hydrogens (primary N) is 1. The lowest BCUT2D eigenvalue weighted by Crippen LogP contribution is -2.18. The van der Waals surface area contributed by atoms with Gasteiger partial charge in [0.2, 0.25) is 5.88 Å². The zero-order valence-corrected chi connectivity index (χ0v) is 7.99. The van der Waals surface area contributed by atoms with Crippen molar-refractivity contribution in [2.24, 2.45) is 0 Å². The average Bonchev–Trinajstić information content (AvgIpc) is 1.96. The van der Waals surface area contributed by atoms with E-state index >= 15 is 0 Å². The van der Waals surface area contributed by atoms with Gasteiger partial charge in [0.1, 0.15) is 0 Å². The standard InChI is InChI=1S/C6H3BrF4N2O/c7-2-1-3(14-6(9,10)11)13-5(12)4(2)8/h1H,(H2,12,13). The summed E-state index contributed by atoms with van der Waals surface area (Å²) in [6.07, 6.45) is -4.88. The number of rotatable bonds is 1. The van der Waals surface area contributed by atoms with E-state index in [4.69, 9.17) is 5.73 Å². The Bertz CT molecular complexity index is 331. The van der Waals surface area contributed by atoms with Crippen molar-refractivity contribution in [3.63, 3.8) is 0 Å². The van der Waals surface area contributed by atoms with Crippen LogP contribution in [0, 0.1) is 5.82 Å². The molecule has 0 aliphatic heterocycles. The van der Waals surface area contributed by atoms with E-state index in [0.29, 0.717) is 0 Å². The van der Waals surface area contributed by atoms with Crippen molar-refractivity contribution in [1.82, 2.24) is 4.98 Å². The lowest BCUT2D eigenvalue weighted by Gasteiger charge is -2.08. The van der Waals surface area contributed by atoms with E-state index in [1.807, 2.05) is 0 Å². The maximum absolute atomic E-state index is 12.8. The maximum atomic E-state index is 12.8. The summed E-state index contributed by atoms with van der Waals surface area (Å²) in [5, 5.41) is 0. The van der Waals surface area contributed by atoms with Gasteiger partial charge >= 0.3 is 6.36 Å². The summed E-state index contributed by atoms with van der Waals surface area (Å²) < 4.78 is 51.0. The highest BCUT2D eigenvalue weighted by Gasteiger charge is 2.32. The Labute approximate surface area is 84.0 Å². The van der Waals surface area contributed by atoms with E-state index in [-0.39, 0.29) is 4.47 Å². The number of nitrogen functional groups attached to an aromatic ring is 1. The number of ether oxygens (including phenoxy) is 1. The van der Waals surface area contributed by atoms with Gasteiger partial charge in [-0.25, -0.2) is 4.39 Å². The minimum Gasteiger partial charge on any atom is -0.388 e. The topological polar surface area (TPSA) is 48.1 Å². The van der Waals surface area contributed by atoms with Gasteiger partial charge in [0.25, 0.3) is 0 Å². The fraction of sp³-hybridized carbons (Fsp3) is 0.167. The number of alkyl halides is 3. The quantitative estimate of drug-likeness (QED) is 0.801. The Morgan fingerprint density at radius 2 is 2.00 bits per heavy atom. The molecule has 0 atom stereocenters. The second-order valence-corrected chi connectivity index (χ2v) is 3.04. The molecule has 0 aromatic carbocycles. The van der Waals surface area contributed by atoms with Gasteiger partial charge < -0.3 is 10.5 Å². The maximum Gasteiger partial charge on any atom is 0.574 e. The molecule has 0 radical (unpaired) electrons. The first-order chi connectivity index (χ1) is 6.29. The smallest absolute Gasteiger partial charge is 0.388 e. The SMILES string of the molecule is Nc1nc(OC(F)(F)F)cc(Br)c1F. The first kappa shape index (κ1) is 11.0. The van der Waals surface area contributed by atoms with E-state index < -0.39 is 23.9 Å². The first-order valence-corrected chi connectivity index (χ1v) is 3.96. The highest BCUT2D eigenvalue weighted by molar-refractivity contribution is 9.10. The number of hydrogen-bond donors (Lipinski definition) is 1. The Kier molecular flexibility index (Phi) is 2.84. The third-order valence-corrected chi connectivity index (χ3v) is 1.71. The molecule has 0 amide bonds. The van der Waals surface area contributed by atoms with Crippen molar-refractivity contribution < 1.29 is 22.3 Å². The summed E-state index contributed by atoms with van der Waals surface area (Å²) >= 11 is 2.66. The van der Waals surface area contributed by atoms with Gasteiger partial charge in [0.05, 0.1) is 4.47 Å². The zero-order valence-electron chi connectivity index (χ0n) is 6.40. The molecule has 0 saturated carbocycles. The molecule has 0 aliphatic carbocycles. The molecule has 0 fully saturated rings. The molecule has 0 spiro atoms. The van der Waals surface area contributed by atoms with Gasteiger partial charge in [-0.1, -0.05) is 0 Å². The zero-order chi connectivity index (χ0) is 10.9. The molecule has 14 heavy (non-hydrogen) atoms. The number of halogens is 5. The molecule has 1 aromatic heterocycles.